The molecule has 1 fully saturated rings. The fourth-order valence-electron chi connectivity index (χ4n) is 2.33. The second-order valence-electron chi connectivity index (χ2n) is 4.89. The van der Waals surface area contributed by atoms with Crippen LogP contribution in [0.25, 0.3) is 0 Å². The lowest BCUT2D eigenvalue weighted by molar-refractivity contribution is -0.115. The summed E-state index contributed by atoms with van der Waals surface area (Å²) in [6.45, 7) is 0.154. The third-order valence-electron chi connectivity index (χ3n) is 3.36. The summed E-state index contributed by atoms with van der Waals surface area (Å²) in [4.78, 5) is 11.7. The van der Waals surface area contributed by atoms with Crippen LogP contribution in [0.2, 0.25) is 0 Å². The average Bonchev–Trinajstić information content (AvgIpc) is 2.41. The number of halogens is 2. The number of anilines is 1. The quantitative estimate of drug-likeness (QED) is 0.881. The summed E-state index contributed by atoms with van der Waals surface area (Å²) in [7, 11) is 0. The maximum Gasteiger partial charge on any atom is 0.238 e. The Labute approximate surface area is 111 Å². The van der Waals surface area contributed by atoms with Crippen LogP contribution in [0, 0.1) is 11.6 Å². The summed E-state index contributed by atoms with van der Waals surface area (Å²) in [6, 6.07) is 3.47. The van der Waals surface area contributed by atoms with Gasteiger partial charge < -0.3 is 10.6 Å². The van der Waals surface area contributed by atoms with Crippen molar-refractivity contribution in [2.75, 3.05) is 11.9 Å². The molecule has 104 valence electrons. The number of hydrogen-bond acceptors (Lipinski definition) is 2. The summed E-state index contributed by atoms with van der Waals surface area (Å²) in [5.41, 5.74) is 0.0110. The molecule has 0 aliphatic heterocycles. The maximum absolute atomic E-state index is 13.3. The number of carbonyl (C=O) groups excluding carboxylic acids is 1. The molecule has 1 saturated carbocycles. The van der Waals surface area contributed by atoms with Crippen LogP contribution >= 0.6 is 0 Å². The standard InChI is InChI=1S/C14H18F2N2O/c15-10-6-7-13(12(16)8-10)18-14(19)9-17-11-4-2-1-3-5-11/h6-8,11,17H,1-5,9H2,(H,18,19). The van der Waals surface area contributed by atoms with Gasteiger partial charge in [-0.25, -0.2) is 8.78 Å². The third-order valence-corrected chi connectivity index (χ3v) is 3.36. The van der Waals surface area contributed by atoms with E-state index in [1.54, 1.807) is 0 Å². The fourth-order valence-corrected chi connectivity index (χ4v) is 2.33. The van der Waals surface area contributed by atoms with E-state index >= 15 is 0 Å². The van der Waals surface area contributed by atoms with Gasteiger partial charge in [0.15, 0.2) is 0 Å². The van der Waals surface area contributed by atoms with Gasteiger partial charge in [-0.05, 0) is 25.0 Å². The van der Waals surface area contributed by atoms with Crippen molar-refractivity contribution in [1.82, 2.24) is 5.32 Å². The highest BCUT2D eigenvalue weighted by atomic mass is 19.1. The summed E-state index contributed by atoms with van der Waals surface area (Å²) in [6.07, 6.45) is 5.79. The summed E-state index contributed by atoms with van der Waals surface area (Å²) < 4.78 is 26.0. The van der Waals surface area contributed by atoms with E-state index in [0.717, 1.165) is 25.0 Å². The predicted molar refractivity (Wildman–Crippen MR) is 69.9 cm³/mol. The molecular formula is C14H18F2N2O. The number of amides is 1. The zero-order valence-corrected chi connectivity index (χ0v) is 10.7. The van der Waals surface area contributed by atoms with E-state index in [9.17, 15) is 13.6 Å². The second-order valence-corrected chi connectivity index (χ2v) is 4.89. The lowest BCUT2D eigenvalue weighted by Crippen LogP contribution is -2.37. The molecule has 0 unspecified atom stereocenters. The summed E-state index contributed by atoms with van der Waals surface area (Å²) >= 11 is 0. The van der Waals surface area contributed by atoms with Crippen molar-refractivity contribution in [3.05, 3.63) is 29.8 Å². The van der Waals surface area contributed by atoms with E-state index in [2.05, 4.69) is 10.6 Å². The molecule has 0 aromatic heterocycles. The van der Waals surface area contributed by atoms with Gasteiger partial charge >= 0.3 is 0 Å². The number of carbonyl (C=O) groups is 1. The molecule has 19 heavy (non-hydrogen) atoms. The minimum Gasteiger partial charge on any atom is -0.322 e. The van der Waals surface area contributed by atoms with Crippen molar-refractivity contribution in [3.63, 3.8) is 0 Å². The molecule has 0 atom stereocenters. The first-order valence-electron chi connectivity index (χ1n) is 6.63. The van der Waals surface area contributed by atoms with Gasteiger partial charge in [-0.15, -0.1) is 0 Å². The first-order chi connectivity index (χ1) is 9.15. The Balaban J connectivity index is 1.80. The summed E-state index contributed by atoms with van der Waals surface area (Å²) in [5.74, 6) is -1.72. The molecule has 0 radical (unpaired) electrons. The van der Waals surface area contributed by atoms with Crippen LogP contribution in [0.1, 0.15) is 32.1 Å². The van der Waals surface area contributed by atoms with Gasteiger partial charge in [0.05, 0.1) is 12.2 Å². The Hall–Kier alpha value is -1.49. The monoisotopic (exact) mass is 268 g/mol. The highest BCUT2D eigenvalue weighted by Gasteiger charge is 2.14. The van der Waals surface area contributed by atoms with Crippen molar-refractivity contribution in [1.29, 1.82) is 0 Å². The Kier molecular flexibility index (Phi) is 4.85. The molecule has 2 rings (SSSR count). The zero-order chi connectivity index (χ0) is 13.7. The van der Waals surface area contributed by atoms with Crippen molar-refractivity contribution in [2.24, 2.45) is 0 Å². The van der Waals surface area contributed by atoms with Gasteiger partial charge in [0.1, 0.15) is 11.6 Å². The van der Waals surface area contributed by atoms with E-state index < -0.39 is 11.6 Å². The first kappa shape index (κ1) is 13.9. The highest BCUT2D eigenvalue weighted by molar-refractivity contribution is 5.92. The van der Waals surface area contributed by atoms with Gasteiger partial charge in [-0.2, -0.15) is 0 Å². The smallest absolute Gasteiger partial charge is 0.238 e. The average molecular weight is 268 g/mol. The molecule has 0 saturated heterocycles. The Morgan fingerprint density at radius 2 is 1.95 bits per heavy atom. The predicted octanol–water partition coefficient (Wildman–Crippen LogP) is 2.83. The highest BCUT2D eigenvalue weighted by Crippen LogP contribution is 2.17. The van der Waals surface area contributed by atoms with Crippen LogP contribution in [0.15, 0.2) is 18.2 Å². The van der Waals surface area contributed by atoms with Crippen LogP contribution in [0.5, 0.6) is 0 Å². The number of nitrogens with one attached hydrogen (secondary N) is 2. The molecule has 5 heteroatoms. The molecule has 0 spiro atoms. The van der Waals surface area contributed by atoms with Crippen molar-refractivity contribution < 1.29 is 13.6 Å². The lowest BCUT2D eigenvalue weighted by Gasteiger charge is -2.22. The molecule has 1 aromatic carbocycles. The van der Waals surface area contributed by atoms with Gasteiger partial charge in [0.25, 0.3) is 0 Å². The van der Waals surface area contributed by atoms with E-state index in [1.165, 1.54) is 25.3 Å². The van der Waals surface area contributed by atoms with Crippen LogP contribution in [0.4, 0.5) is 14.5 Å². The van der Waals surface area contributed by atoms with Gasteiger partial charge in [-0.3, -0.25) is 4.79 Å². The minimum absolute atomic E-state index is 0.0110. The van der Waals surface area contributed by atoms with Crippen molar-refractivity contribution in [2.45, 2.75) is 38.1 Å². The zero-order valence-electron chi connectivity index (χ0n) is 10.7. The SMILES string of the molecule is O=C(CNC1CCCCC1)Nc1ccc(F)cc1F. The van der Waals surface area contributed by atoms with E-state index in [0.29, 0.717) is 6.04 Å². The molecule has 1 amide bonds. The van der Waals surface area contributed by atoms with Gasteiger partial charge in [0.2, 0.25) is 5.91 Å². The molecule has 1 aliphatic carbocycles. The largest absolute Gasteiger partial charge is 0.322 e. The van der Waals surface area contributed by atoms with Crippen LogP contribution in [-0.4, -0.2) is 18.5 Å². The van der Waals surface area contributed by atoms with Gasteiger partial charge in [0, 0.05) is 12.1 Å². The molecule has 3 nitrogen and oxygen atoms in total. The normalized spacial score (nSPS) is 16.3. The second kappa shape index (κ2) is 6.61. The third kappa shape index (κ3) is 4.28. The maximum atomic E-state index is 13.3. The van der Waals surface area contributed by atoms with Crippen LogP contribution < -0.4 is 10.6 Å². The topological polar surface area (TPSA) is 41.1 Å². The lowest BCUT2D eigenvalue weighted by atomic mass is 9.95. The van der Waals surface area contributed by atoms with Crippen LogP contribution in [-0.2, 0) is 4.79 Å². The van der Waals surface area contributed by atoms with Crippen LogP contribution in [0.3, 0.4) is 0 Å². The molecule has 0 bridgehead atoms. The van der Waals surface area contributed by atoms with Gasteiger partial charge in [-0.1, -0.05) is 19.3 Å². The first-order valence-corrected chi connectivity index (χ1v) is 6.63. The number of benzene rings is 1. The van der Waals surface area contributed by atoms with E-state index in [1.807, 2.05) is 0 Å². The number of hydrogen-bond donors (Lipinski definition) is 2. The fraction of sp³-hybridized carbons (Fsp3) is 0.500. The Morgan fingerprint density at radius 1 is 1.21 bits per heavy atom. The molecule has 2 N–H and O–H groups in total. The van der Waals surface area contributed by atoms with Crippen molar-refractivity contribution >= 4 is 11.6 Å². The Morgan fingerprint density at radius 3 is 2.63 bits per heavy atom. The number of rotatable bonds is 4. The molecule has 1 aromatic rings. The van der Waals surface area contributed by atoms with E-state index in [-0.39, 0.29) is 18.1 Å². The molecular weight excluding hydrogens is 250 g/mol. The molecule has 1 aliphatic rings. The molecule has 0 heterocycles. The Bertz CT molecular complexity index is 445. The van der Waals surface area contributed by atoms with Crippen molar-refractivity contribution in [3.8, 4) is 0 Å². The van der Waals surface area contributed by atoms with E-state index in [4.69, 9.17) is 0 Å². The summed E-state index contributed by atoms with van der Waals surface area (Å²) in [5, 5.41) is 5.60. The minimum atomic E-state index is -0.758.